The van der Waals surface area contributed by atoms with E-state index in [1.54, 1.807) is 13.2 Å². The Balaban J connectivity index is 2.03. The summed E-state index contributed by atoms with van der Waals surface area (Å²) in [6.07, 6.45) is 3.32. The number of benzene rings is 1. The van der Waals surface area contributed by atoms with Gasteiger partial charge in [-0.15, -0.1) is 0 Å². The number of halogens is 1. The van der Waals surface area contributed by atoms with Crippen LogP contribution >= 0.6 is 0 Å². The number of methoxy groups -OCH3 is 1. The molecule has 0 radical (unpaired) electrons. The number of hydrogen-bond acceptors (Lipinski definition) is 2. The van der Waals surface area contributed by atoms with Gasteiger partial charge in [0.25, 0.3) is 0 Å². The number of hydrogen-bond donors (Lipinski definition) is 1. The maximum Gasteiger partial charge on any atom is 0.123 e. The molecule has 1 saturated carbocycles. The third-order valence-electron chi connectivity index (χ3n) is 3.54. The summed E-state index contributed by atoms with van der Waals surface area (Å²) in [5, 5.41) is 0. The van der Waals surface area contributed by atoms with Gasteiger partial charge in [-0.2, -0.15) is 0 Å². The Morgan fingerprint density at radius 1 is 1.47 bits per heavy atom. The summed E-state index contributed by atoms with van der Waals surface area (Å²) in [6.45, 7) is 1.92. The number of nitrogens with two attached hydrogens (primary N) is 1. The zero-order valence-electron chi connectivity index (χ0n) is 10.4. The first kappa shape index (κ1) is 12.5. The molecule has 2 N–H and O–H groups in total. The van der Waals surface area contributed by atoms with E-state index >= 15 is 0 Å². The molecule has 2 nitrogen and oxygen atoms in total. The van der Waals surface area contributed by atoms with E-state index in [0.717, 1.165) is 17.5 Å². The van der Waals surface area contributed by atoms with Crippen LogP contribution in [0.2, 0.25) is 0 Å². The Morgan fingerprint density at radius 3 is 2.71 bits per heavy atom. The molecule has 1 fully saturated rings. The fraction of sp³-hybridized carbons (Fsp3) is 0.571. The molecule has 0 heterocycles. The molecular weight excluding hydrogens is 217 g/mol. The molecule has 1 aliphatic rings. The Bertz CT molecular complexity index is 390. The molecule has 0 aromatic heterocycles. The lowest BCUT2D eigenvalue weighted by Gasteiger charge is -2.23. The number of aryl methyl sites for hydroxylation is 1. The summed E-state index contributed by atoms with van der Waals surface area (Å²) in [5.41, 5.74) is 8.27. The summed E-state index contributed by atoms with van der Waals surface area (Å²) >= 11 is 0. The van der Waals surface area contributed by atoms with Crippen molar-refractivity contribution < 1.29 is 9.13 Å². The standard InChI is InChI=1S/C14H20FNO/c1-9-7-12(15)6-5-11(9)8-13(16)14(17-2)10-3-4-10/h5-7,10,13-14H,3-4,8,16H2,1-2H3. The minimum absolute atomic E-state index is 0.00309. The molecule has 2 rings (SSSR count). The normalized spacial score (nSPS) is 19.1. The second-order valence-electron chi connectivity index (χ2n) is 4.98. The third-order valence-corrected chi connectivity index (χ3v) is 3.54. The van der Waals surface area contributed by atoms with Crippen LogP contribution < -0.4 is 5.73 Å². The lowest BCUT2D eigenvalue weighted by molar-refractivity contribution is 0.0626. The average Bonchev–Trinajstić information content (AvgIpc) is 3.08. The fourth-order valence-corrected chi connectivity index (χ4v) is 2.40. The predicted octanol–water partition coefficient (Wildman–Crippen LogP) is 2.43. The van der Waals surface area contributed by atoms with E-state index in [1.165, 1.54) is 18.9 Å². The van der Waals surface area contributed by atoms with Crippen molar-refractivity contribution in [3.05, 3.63) is 35.1 Å². The van der Waals surface area contributed by atoms with Crippen LogP contribution in [0.1, 0.15) is 24.0 Å². The third kappa shape index (κ3) is 3.05. The van der Waals surface area contributed by atoms with Crippen molar-refractivity contribution >= 4 is 0 Å². The van der Waals surface area contributed by atoms with Crippen molar-refractivity contribution in [1.82, 2.24) is 0 Å². The number of rotatable bonds is 5. The van der Waals surface area contributed by atoms with Crippen molar-refractivity contribution in [2.45, 2.75) is 38.3 Å². The molecule has 94 valence electrons. The van der Waals surface area contributed by atoms with Gasteiger partial charge < -0.3 is 10.5 Å². The molecule has 0 amide bonds. The maximum absolute atomic E-state index is 13.0. The fourth-order valence-electron chi connectivity index (χ4n) is 2.40. The predicted molar refractivity (Wildman–Crippen MR) is 66.3 cm³/mol. The highest BCUT2D eigenvalue weighted by molar-refractivity contribution is 5.27. The van der Waals surface area contributed by atoms with E-state index in [0.29, 0.717) is 5.92 Å². The van der Waals surface area contributed by atoms with Crippen LogP contribution in [0.3, 0.4) is 0 Å². The van der Waals surface area contributed by atoms with E-state index in [4.69, 9.17) is 10.5 Å². The summed E-state index contributed by atoms with van der Waals surface area (Å²) in [4.78, 5) is 0. The van der Waals surface area contributed by atoms with Crippen molar-refractivity contribution in [3.63, 3.8) is 0 Å². The Hall–Kier alpha value is -0.930. The highest BCUT2D eigenvalue weighted by Gasteiger charge is 2.35. The first-order chi connectivity index (χ1) is 8.11. The quantitative estimate of drug-likeness (QED) is 0.853. The maximum atomic E-state index is 13.0. The van der Waals surface area contributed by atoms with Gasteiger partial charge in [0.1, 0.15) is 5.82 Å². The molecular formula is C14H20FNO. The topological polar surface area (TPSA) is 35.2 Å². The van der Waals surface area contributed by atoms with E-state index in [-0.39, 0.29) is 18.0 Å². The van der Waals surface area contributed by atoms with Crippen LogP contribution in [0.4, 0.5) is 4.39 Å². The van der Waals surface area contributed by atoms with Gasteiger partial charge in [0, 0.05) is 13.2 Å². The monoisotopic (exact) mass is 237 g/mol. The second-order valence-corrected chi connectivity index (χ2v) is 4.98. The lowest BCUT2D eigenvalue weighted by atomic mass is 9.96. The number of ether oxygens (including phenoxy) is 1. The van der Waals surface area contributed by atoms with Crippen LogP contribution in [0.15, 0.2) is 18.2 Å². The Labute approximate surface area is 102 Å². The smallest absolute Gasteiger partial charge is 0.123 e. The first-order valence-corrected chi connectivity index (χ1v) is 6.15. The Kier molecular flexibility index (Phi) is 3.79. The van der Waals surface area contributed by atoms with Crippen molar-refractivity contribution in [2.75, 3.05) is 7.11 Å². The van der Waals surface area contributed by atoms with Gasteiger partial charge in [0.15, 0.2) is 0 Å². The van der Waals surface area contributed by atoms with E-state index in [9.17, 15) is 4.39 Å². The molecule has 17 heavy (non-hydrogen) atoms. The van der Waals surface area contributed by atoms with Gasteiger partial charge in [0.05, 0.1) is 6.10 Å². The molecule has 2 atom stereocenters. The van der Waals surface area contributed by atoms with Gasteiger partial charge in [-0.3, -0.25) is 0 Å². The summed E-state index contributed by atoms with van der Waals surface area (Å²) in [5.74, 6) is 0.432. The molecule has 1 aromatic rings. The van der Waals surface area contributed by atoms with Crippen molar-refractivity contribution in [1.29, 1.82) is 0 Å². The van der Waals surface area contributed by atoms with Crippen molar-refractivity contribution in [3.8, 4) is 0 Å². The molecule has 0 spiro atoms. The second kappa shape index (κ2) is 5.15. The molecule has 0 saturated heterocycles. The van der Waals surface area contributed by atoms with Crippen LogP contribution in [0, 0.1) is 18.7 Å². The summed E-state index contributed by atoms with van der Waals surface area (Å²) in [6, 6.07) is 4.87. The van der Waals surface area contributed by atoms with Crippen LogP contribution in [-0.2, 0) is 11.2 Å². The highest BCUT2D eigenvalue weighted by Crippen LogP contribution is 2.35. The minimum Gasteiger partial charge on any atom is -0.380 e. The minimum atomic E-state index is -0.190. The lowest BCUT2D eigenvalue weighted by Crippen LogP contribution is -2.39. The SMILES string of the molecule is COC(C(N)Cc1ccc(F)cc1C)C1CC1. The molecule has 1 aliphatic carbocycles. The van der Waals surface area contributed by atoms with Gasteiger partial charge in [0.2, 0.25) is 0 Å². The van der Waals surface area contributed by atoms with Gasteiger partial charge in [-0.05, 0) is 55.4 Å². The van der Waals surface area contributed by atoms with Crippen LogP contribution in [0.5, 0.6) is 0 Å². The average molecular weight is 237 g/mol. The van der Waals surface area contributed by atoms with Gasteiger partial charge in [-0.25, -0.2) is 4.39 Å². The van der Waals surface area contributed by atoms with Crippen molar-refractivity contribution in [2.24, 2.45) is 11.7 Å². The van der Waals surface area contributed by atoms with Crippen LogP contribution in [0.25, 0.3) is 0 Å². The highest BCUT2D eigenvalue weighted by atomic mass is 19.1. The van der Waals surface area contributed by atoms with Gasteiger partial charge >= 0.3 is 0 Å². The zero-order chi connectivity index (χ0) is 12.4. The molecule has 2 unspecified atom stereocenters. The Morgan fingerprint density at radius 2 is 2.18 bits per heavy atom. The van der Waals surface area contributed by atoms with E-state index in [2.05, 4.69) is 0 Å². The molecule has 3 heteroatoms. The van der Waals surface area contributed by atoms with E-state index < -0.39 is 0 Å². The van der Waals surface area contributed by atoms with Gasteiger partial charge in [-0.1, -0.05) is 6.07 Å². The first-order valence-electron chi connectivity index (χ1n) is 6.15. The molecule has 0 aliphatic heterocycles. The summed E-state index contributed by atoms with van der Waals surface area (Å²) < 4.78 is 18.5. The zero-order valence-corrected chi connectivity index (χ0v) is 10.4. The largest absolute Gasteiger partial charge is 0.380 e. The van der Waals surface area contributed by atoms with E-state index in [1.807, 2.05) is 13.0 Å². The molecule has 0 bridgehead atoms. The molecule has 1 aromatic carbocycles. The summed E-state index contributed by atoms with van der Waals surface area (Å²) in [7, 11) is 1.72. The van der Waals surface area contributed by atoms with Crippen LogP contribution in [-0.4, -0.2) is 19.3 Å².